The Morgan fingerprint density at radius 2 is 2.11 bits per heavy atom. The van der Waals surface area contributed by atoms with Crippen LogP contribution in [0.4, 0.5) is 5.82 Å². The van der Waals surface area contributed by atoms with Gasteiger partial charge in [0.15, 0.2) is 5.82 Å². The number of hydrogen-bond acceptors (Lipinski definition) is 3. The lowest BCUT2D eigenvalue weighted by molar-refractivity contribution is -0.217. The first-order chi connectivity index (χ1) is 8.91. The molecule has 1 amide bonds. The van der Waals surface area contributed by atoms with Crippen molar-refractivity contribution in [1.82, 2.24) is 9.78 Å². The number of carbonyl (C=O) groups is 2. The normalized spacial score (nSPS) is 31.3. The fourth-order valence-electron chi connectivity index (χ4n) is 3.14. The molecule has 0 aliphatic heterocycles. The van der Waals surface area contributed by atoms with E-state index in [1.807, 2.05) is 6.92 Å². The van der Waals surface area contributed by atoms with Crippen molar-refractivity contribution in [1.29, 1.82) is 0 Å². The number of aromatic nitrogens is 2. The predicted octanol–water partition coefficient (Wildman–Crippen LogP) is 1.75. The van der Waals surface area contributed by atoms with Gasteiger partial charge in [-0.3, -0.25) is 14.3 Å². The van der Waals surface area contributed by atoms with Crippen LogP contribution in [-0.2, 0) is 16.1 Å². The summed E-state index contributed by atoms with van der Waals surface area (Å²) in [5.41, 5.74) is -1.17. The molecule has 2 N–H and O–H groups in total. The van der Waals surface area contributed by atoms with Crippen LogP contribution in [0.2, 0.25) is 5.02 Å². The van der Waals surface area contributed by atoms with E-state index in [0.29, 0.717) is 36.6 Å². The summed E-state index contributed by atoms with van der Waals surface area (Å²) in [5.74, 6) is -0.614. The van der Waals surface area contributed by atoms with Gasteiger partial charge in [0.05, 0.1) is 10.8 Å². The number of aliphatic carboxylic acids is 1. The highest BCUT2D eigenvalue weighted by Gasteiger charge is 2.75. The second kappa shape index (κ2) is 3.72. The van der Waals surface area contributed by atoms with Crippen LogP contribution in [0, 0.1) is 10.8 Å². The lowest BCUT2D eigenvalue weighted by Gasteiger charge is -2.66. The molecule has 1 aromatic heterocycles. The van der Waals surface area contributed by atoms with Gasteiger partial charge in [0.25, 0.3) is 0 Å². The van der Waals surface area contributed by atoms with Gasteiger partial charge in [-0.1, -0.05) is 11.6 Å². The van der Waals surface area contributed by atoms with Gasteiger partial charge in [-0.15, -0.1) is 0 Å². The molecule has 4 rings (SSSR count). The number of rotatable bonds is 4. The lowest BCUT2D eigenvalue weighted by atomic mass is 9.35. The van der Waals surface area contributed by atoms with Gasteiger partial charge >= 0.3 is 5.97 Å². The van der Waals surface area contributed by atoms with Crippen LogP contribution >= 0.6 is 11.6 Å². The molecule has 0 unspecified atom stereocenters. The van der Waals surface area contributed by atoms with E-state index in [-0.39, 0.29) is 5.91 Å². The molecule has 0 aromatic carbocycles. The number of aryl methyl sites for hydroxylation is 1. The molecule has 7 heteroatoms. The highest BCUT2D eigenvalue weighted by Crippen LogP contribution is 2.73. The molecule has 0 radical (unpaired) electrons. The summed E-state index contributed by atoms with van der Waals surface area (Å²) in [6.45, 7) is 2.59. The molecule has 1 heterocycles. The van der Waals surface area contributed by atoms with Crippen molar-refractivity contribution in [3.63, 3.8) is 0 Å². The quantitative estimate of drug-likeness (QED) is 0.882. The van der Waals surface area contributed by atoms with Gasteiger partial charge in [-0.2, -0.15) is 5.10 Å². The third-order valence-electron chi connectivity index (χ3n) is 4.24. The second-order valence-electron chi connectivity index (χ2n) is 5.53. The first-order valence-corrected chi connectivity index (χ1v) is 6.56. The Labute approximate surface area is 114 Å². The third-order valence-corrected chi connectivity index (χ3v) is 4.52. The van der Waals surface area contributed by atoms with E-state index in [9.17, 15) is 9.59 Å². The first kappa shape index (κ1) is 12.5. The third kappa shape index (κ3) is 1.59. The zero-order chi connectivity index (χ0) is 13.8. The lowest BCUT2D eigenvalue weighted by Crippen LogP contribution is -2.69. The summed E-state index contributed by atoms with van der Waals surface area (Å²) in [4.78, 5) is 23.1. The van der Waals surface area contributed by atoms with Gasteiger partial charge in [0.1, 0.15) is 5.02 Å². The zero-order valence-corrected chi connectivity index (χ0v) is 11.2. The largest absolute Gasteiger partial charge is 0.481 e. The molecule has 102 valence electrons. The van der Waals surface area contributed by atoms with E-state index in [2.05, 4.69) is 10.4 Å². The number of nitrogens with one attached hydrogen (secondary N) is 1. The molecule has 3 saturated carbocycles. The summed E-state index contributed by atoms with van der Waals surface area (Å²) in [7, 11) is 0. The summed E-state index contributed by atoms with van der Waals surface area (Å²) in [6, 6.07) is 0. The fourth-order valence-corrected chi connectivity index (χ4v) is 3.34. The smallest absolute Gasteiger partial charge is 0.309 e. The van der Waals surface area contributed by atoms with Crippen LogP contribution in [0.1, 0.15) is 26.2 Å². The summed E-state index contributed by atoms with van der Waals surface area (Å²) >= 11 is 5.98. The van der Waals surface area contributed by atoms with Crippen molar-refractivity contribution in [2.45, 2.75) is 32.7 Å². The van der Waals surface area contributed by atoms with Gasteiger partial charge in [0, 0.05) is 12.7 Å². The molecule has 3 aliphatic carbocycles. The molecule has 1 aromatic rings. The van der Waals surface area contributed by atoms with Crippen molar-refractivity contribution in [2.24, 2.45) is 10.8 Å². The Kier molecular flexibility index (Phi) is 2.44. The van der Waals surface area contributed by atoms with Gasteiger partial charge in [-0.25, -0.2) is 0 Å². The van der Waals surface area contributed by atoms with Crippen molar-refractivity contribution in [3.05, 3.63) is 11.2 Å². The maximum Gasteiger partial charge on any atom is 0.309 e. The van der Waals surface area contributed by atoms with E-state index < -0.39 is 16.8 Å². The van der Waals surface area contributed by atoms with Crippen LogP contribution in [0.5, 0.6) is 0 Å². The summed E-state index contributed by atoms with van der Waals surface area (Å²) in [5, 5.41) is 16.3. The molecule has 0 atom stereocenters. The maximum absolute atomic E-state index is 12.2. The number of anilines is 1. The van der Waals surface area contributed by atoms with Crippen LogP contribution in [0.3, 0.4) is 0 Å². The Morgan fingerprint density at radius 3 is 2.58 bits per heavy atom. The maximum atomic E-state index is 12.2. The average molecular weight is 284 g/mol. The molecule has 0 saturated heterocycles. The van der Waals surface area contributed by atoms with E-state index in [1.54, 1.807) is 10.9 Å². The van der Waals surface area contributed by atoms with Gasteiger partial charge in [-0.05, 0) is 26.2 Å². The number of carbonyl (C=O) groups excluding carboxylic acids is 1. The Bertz CT molecular complexity index is 561. The van der Waals surface area contributed by atoms with Crippen LogP contribution < -0.4 is 5.32 Å². The summed E-state index contributed by atoms with van der Waals surface area (Å²) < 4.78 is 1.64. The molecule has 2 bridgehead atoms. The minimum atomic E-state index is -0.796. The standard InChI is InChI=1S/C12H14ClN3O3/c1-2-16-3-7(13)8(15-16)14-9(17)11-4-12(5-11,6-11)10(18)19/h3H,2,4-6H2,1H3,(H,18,19)(H,14,15,17). The molecule has 0 spiro atoms. The van der Waals surface area contributed by atoms with Crippen LogP contribution in [-0.4, -0.2) is 26.8 Å². The molecular weight excluding hydrogens is 270 g/mol. The molecule has 3 fully saturated rings. The fraction of sp³-hybridized carbons (Fsp3) is 0.583. The minimum Gasteiger partial charge on any atom is -0.481 e. The SMILES string of the molecule is CCn1cc(Cl)c(NC(=O)C23CC(C(=O)O)(C2)C3)n1. The molecule has 6 nitrogen and oxygen atoms in total. The molecule has 3 aliphatic rings. The number of amides is 1. The molecule has 19 heavy (non-hydrogen) atoms. The average Bonchev–Trinajstić information content (AvgIpc) is 2.55. The first-order valence-electron chi connectivity index (χ1n) is 6.19. The monoisotopic (exact) mass is 283 g/mol. The van der Waals surface area contributed by atoms with E-state index in [1.165, 1.54) is 0 Å². The number of carboxylic acids is 1. The highest BCUT2D eigenvalue weighted by molar-refractivity contribution is 6.33. The Hall–Kier alpha value is -1.56. The number of carboxylic acid groups (broad SMARTS) is 1. The number of hydrogen-bond donors (Lipinski definition) is 2. The van der Waals surface area contributed by atoms with Crippen molar-refractivity contribution in [2.75, 3.05) is 5.32 Å². The second-order valence-corrected chi connectivity index (χ2v) is 5.94. The van der Waals surface area contributed by atoms with E-state index in [4.69, 9.17) is 16.7 Å². The number of halogens is 1. The predicted molar refractivity (Wildman–Crippen MR) is 67.9 cm³/mol. The van der Waals surface area contributed by atoms with Crippen LogP contribution in [0.15, 0.2) is 6.20 Å². The number of nitrogens with zero attached hydrogens (tertiary/aromatic N) is 2. The van der Waals surface area contributed by atoms with Crippen molar-refractivity contribution in [3.8, 4) is 0 Å². The highest BCUT2D eigenvalue weighted by atomic mass is 35.5. The van der Waals surface area contributed by atoms with Gasteiger partial charge < -0.3 is 10.4 Å². The van der Waals surface area contributed by atoms with Crippen LogP contribution in [0.25, 0.3) is 0 Å². The van der Waals surface area contributed by atoms with Gasteiger partial charge in [0.2, 0.25) is 5.91 Å². The summed E-state index contributed by atoms with van der Waals surface area (Å²) in [6.07, 6.45) is 2.92. The van der Waals surface area contributed by atoms with Crippen molar-refractivity contribution < 1.29 is 14.7 Å². The zero-order valence-electron chi connectivity index (χ0n) is 10.4. The molecular formula is C12H14ClN3O3. The minimum absolute atomic E-state index is 0.168. The van der Waals surface area contributed by atoms with E-state index >= 15 is 0 Å². The van der Waals surface area contributed by atoms with Crippen molar-refractivity contribution >= 4 is 29.3 Å². The Morgan fingerprint density at radius 1 is 1.47 bits per heavy atom. The Balaban J connectivity index is 1.68. The topological polar surface area (TPSA) is 84.2 Å². The van der Waals surface area contributed by atoms with E-state index in [0.717, 1.165) is 0 Å².